The van der Waals surface area contributed by atoms with Crippen LogP contribution < -0.4 is 5.46 Å². The monoisotopic (exact) mass is 337 g/mol. The van der Waals surface area contributed by atoms with Gasteiger partial charge in [-0.1, -0.05) is 29.8 Å². The third kappa shape index (κ3) is 2.61. The maximum absolute atomic E-state index is 12.8. The van der Waals surface area contributed by atoms with E-state index in [1.807, 2.05) is 30.3 Å². The topological polar surface area (TPSA) is 59.4 Å². The average molecular weight is 338 g/mol. The number of rotatable bonds is 3. The molecule has 118 valence electrons. The van der Waals surface area contributed by atoms with Gasteiger partial charge in [-0.2, -0.15) is 0 Å². The van der Waals surface area contributed by atoms with Gasteiger partial charge in [0.2, 0.25) is 0 Å². The van der Waals surface area contributed by atoms with E-state index in [0.29, 0.717) is 22.7 Å². The van der Waals surface area contributed by atoms with Crippen LogP contribution in [0.5, 0.6) is 0 Å². The van der Waals surface area contributed by atoms with E-state index in [1.165, 1.54) is 0 Å². The van der Waals surface area contributed by atoms with Crippen LogP contribution in [0.2, 0.25) is 5.02 Å². The maximum atomic E-state index is 12.8. The molecule has 1 aliphatic rings. The average Bonchev–Trinajstić information content (AvgIpc) is 2.94. The third-order valence-corrected chi connectivity index (χ3v) is 4.59. The molecule has 0 atom stereocenters. The Hall–Kier alpha value is -2.21. The van der Waals surface area contributed by atoms with E-state index in [1.54, 1.807) is 18.3 Å². The predicted octanol–water partition coefficient (Wildman–Crippen LogP) is 2.53. The van der Waals surface area contributed by atoms with Crippen molar-refractivity contribution in [3.63, 3.8) is 0 Å². The van der Waals surface area contributed by atoms with Crippen LogP contribution >= 0.6 is 11.6 Å². The molecule has 2 heterocycles. The second-order valence-electron chi connectivity index (χ2n) is 5.78. The summed E-state index contributed by atoms with van der Waals surface area (Å²) in [6.45, 7) is 0.305. The fraction of sp³-hybridized carbons (Fsp3) is 0.111. The zero-order chi connectivity index (χ0) is 16.7. The first-order valence-electron chi connectivity index (χ1n) is 7.61. The summed E-state index contributed by atoms with van der Waals surface area (Å²) in [6.07, 6.45) is 1.95. The van der Waals surface area contributed by atoms with Crippen LogP contribution in [0.25, 0.3) is 10.9 Å². The Morgan fingerprint density at radius 2 is 2.17 bits per heavy atom. The summed E-state index contributed by atoms with van der Waals surface area (Å²) in [4.78, 5) is 17.1. The highest BCUT2D eigenvalue weighted by Gasteiger charge is 2.29. The van der Waals surface area contributed by atoms with Crippen molar-refractivity contribution >= 4 is 40.9 Å². The van der Waals surface area contributed by atoms with Crippen molar-refractivity contribution in [1.82, 2.24) is 4.98 Å². The standard InChI is InChI=1S/C18H13BClNO3/c20-16-7-12-10-24-19(23)15(12)9-14(16)18(22)8-11-3-1-5-17-13(11)4-2-6-21-17/h1-7,9,23H,8,10H2. The Balaban J connectivity index is 1.71. The Kier molecular flexibility index (Phi) is 3.84. The molecule has 0 bridgehead atoms. The Morgan fingerprint density at radius 3 is 3.04 bits per heavy atom. The predicted molar refractivity (Wildman–Crippen MR) is 93.6 cm³/mol. The SMILES string of the molecule is O=C(Cc1cccc2ncccc12)c1cc2c(cc1Cl)COB2O. The van der Waals surface area contributed by atoms with E-state index >= 15 is 0 Å². The van der Waals surface area contributed by atoms with Gasteiger partial charge in [-0.3, -0.25) is 9.78 Å². The summed E-state index contributed by atoms with van der Waals surface area (Å²) < 4.78 is 5.17. The molecule has 1 aromatic heterocycles. The Morgan fingerprint density at radius 1 is 1.29 bits per heavy atom. The Bertz CT molecular complexity index is 955. The molecule has 2 aromatic carbocycles. The van der Waals surface area contributed by atoms with Crippen LogP contribution in [0.15, 0.2) is 48.7 Å². The van der Waals surface area contributed by atoms with Crippen LogP contribution in [-0.4, -0.2) is 22.9 Å². The molecule has 0 amide bonds. The number of hydrogen-bond acceptors (Lipinski definition) is 4. The molecule has 0 aliphatic carbocycles. The second kappa shape index (κ2) is 6.02. The van der Waals surface area contributed by atoms with Gasteiger partial charge in [0, 0.05) is 23.6 Å². The number of pyridine rings is 1. The number of Topliss-reactive ketones (excluding diaryl/α,β-unsaturated/α-hetero) is 1. The molecule has 1 aliphatic heterocycles. The number of halogens is 1. The summed E-state index contributed by atoms with van der Waals surface area (Å²) >= 11 is 6.26. The lowest BCUT2D eigenvalue weighted by Crippen LogP contribution is -2.29. The first-order chi connectivity index (χ1) is 11.6. The molecule has 4 nitrogen and oxygen atoms in total. The first kappa shape index (κ1) is 15.3. The van der Waals surface area contributed by atoms with Crippen molar-refractivity contribution in [2.75, 3.05) is 0 Å². The number of fused-ring (bicyclic) bond motifs is 2. The second-order valence-corrected chi connectivity index (χ2v) is 6.19. The third-order valence-electron chi connectivity index (χ3n) is 4.28. The summed E-state index contributed by atoms with van der Waals surface area (Å²) in [5.74, 6) is -0.0988. The van der Waals surface area contributed by atoms with Gasteiger partial charge in [-0.25, -0.2) is 0 Å². The highest BCUT2D eigenvalue weighted by Crippen LogP contribution is 2.24. The normalized spacial score (nSPS) is 13.3. The molecule has 0 fully saturated rings. The minimum absolute atomic E-state index is 0.0988. The van der Waals surface area contributed by atoms with E-state index in [2.05, 4.69) is 4.98 Å². The van der Waals surface area contributed by atoms with Gasteiger partial charge in [-0.15, -0.1) is 0 Å². The number of carbonyl (C=O) groups is 1. The lowest BCUT2D eigenvalue weighted by molar-refractivity contribution is 0.0993. The summed E-state index contributed by atoms with van der Waals surface area (Å²) in [7, 11) is -0.995. The number of benzene rings is 2. The zero-order valence-electron chi connectivity index (χ0n) is 12.7. The van der Waals surface area contributed by atoms with E-state index < -0.39 is 7.12 Å². The minimum Gasteiger partial charge on any atom is -0.423 e. The highest BCUT2D eigenvalue weighted by molar-refractivity contribution is 6.61. The van der Waals surface area contributed by atoms with Gasteiger partial charge in [0.1, 0.15) is 0 Å². The molecule has 3 aromatic rings. The van der Waals surface area contributed by atoms with Gasteiger partial charge < -0.3 is 9.68 Å². The molecule has 0 unspecified atom stereocenters. The van der Waals surface area contributed by atoms with Crippen LogP contribution in [-0.2, 0) is 17.7 Å². The number of carbonyl (C=O) groups excluding carboxylic acids is 1. The summed E-state index contributed by atoms with van der Waals surface area (Å²) in [5, 5.41) is 11.2. The van der Waals surface area contributed by atoms with Crippen molar-refractivity contribution in [3.8, 4) is 0 Å². The van der Waals surface area contributed by atoms with Crippen LogP contribution in [0.1, 0.15) is 21.5 Å². The van der Waals surface area contributed by atoms with E-state index in [0.717, 1.165) is 22.0 Å². The van der Waals surface area contributed by atoms with E-state index in [4.69, 9.17) is 16.3 Å². The molecule has 1 N–H and O–H groups in total. The number of ketones is 1. The van der Waals surface area contributed by atoms with E-state index in [9.17, 15) is 9.82 Å². The van der Waals surface area contributed by atoms with Gasteiger partial charge in [0.25, 0.3) is 0 Å². The largest absolute Gasteiger partial charge is 0.491 e. The van der Waals surface area contributed by atoms with Gasteiger partial charge in [-0.05, 0) is 40.9 Å². The number of hydrogen-bond donors (Lipinski definition) is 1. The van der Waals surface area contributed by atoms with Crippen molar-refractivity contribution in [3.05, 3.63) is 70.4 Å². The molecule has 0 saturated carbocycles. The van der Waals surface area contributed by atoms with Crippen LogP contribution in [0.4, 0.5) is 0 Å². The molecular formula is C18H13BClNO3. The minimum atomic E-state index is -0.995. The molecule has 0 spiro atoms. The van der Waals surface area contributed by atoms with Crippen molar-refractivity contribution in [2.24, 2.45) is 0 Å². The number of aromatic nitrogens is 1. The first-order valence-corrected chi connectivity index (χ1v) is 7.99. The highest BCUT2D eigenvalue weighted by atomic mass is 35.5. The van der Waals surface area contributed by atoms with Gasteiger partial charge in [0.15, 0.2) is 5.78 Å². The molecule has 6 heteroatoms. The molecule has 0 radical (unpaired) electrons. The van der Waals surface area contributed by atoms with Crippen LogP contribution in [0.3, 0.4) is 0 Å². The Labute approximate surface area is 144 Å². The fourth-order valence-corrected chi connectivity index (χ4v) is 3.34. The van der Waals surface area contributed by atoms with Gasteiger partial charge in [0.05, 0.1) is 17.1 Å². The van der Waals surface area contributed by atoms with E-state index in [-0.39, 0.29) is 12.2 Å². The molecule has 0 saturated heterocycles. The maximum Gasteiger partial charge on any atom is 0.491 e. The number of nitrogens with zero attached hydrogens (tertiary/aromatic N) is 1. The lowest BCUT2D eigenvalue weighted by atomic mass is 9.78. The molecular weight excluding hydrogens is 324 g/mol. The van der Waals surface area contributed by atoms with Crippen molar-refractivity contribution in [2.45, 2.75) is 13.0 Å². The van der Waals surface area contributed by atoms with Crippen molar-refractivity contribution in [1.29, 1.82) is 0 Å². The smallest absolute Gasteiger partial charge is 0.423 e. The van der Waals surface area contributed by atoms with Crippen molar-refractivity contribution < 1.29 is 14.5 Å². The quantitative estimate of drug-likeness (QED) is 0.589. The summed E-state index contributed by atoms with van der Waals surface area (Å²) in [6, 6.07) is 12.9. The lowest BCUT2D eigenvalue weighted by Gasteiger charge is -2.09. The molecule has 4 rings (SSSR count). The molecule has 24 heavy (non-hydrogen) atoms. The fourth-order valence-electron chi connectivity index (χ4n) is 3.05. The van der Waals surface area contributed by atoms with Crippen LogP contribution in [0, 0.1) is 0 Å². The summed E-state index contributed by atoms with van der Waals surface area (Å²) in [5.41, 5.74) is 3.59. The van der Waals surface area contributed by atoms with Gasteiger partial charge >= 0.3 is 7.12 Å². The zero-order valence-corrected chi connectivity index (χ0v) is 13.5.